The van der Waals surface area contributed by atoms with Crippen molar-refractivity contribution < 1.29 is 14.3 Å². The molecule has 1 saturated carbocycles. The normalized spacial score (nSPS) is 14.2. The molecule has 1 atom stereocenters. The summed E-state index contributed by atoms with van der Waals surface area (Å²) in [4.78, 5) is 13.6. The highest BCUT2D eigenvalue weighted by Gasteiger charge is 2.33. The van der Waals surface area contributed by atoms with E-state index in [1.807, 2.05) is 35.8 Å². The van der Waals surface area contributed by atoms with Crippen LogP contribution in [0.4, 0.5) is 0 Å². The zero-order chi connectivity index (χ0) is 22.0. The van der Waals surface area contributed by atoms with Crippen molar-refractivity contribution in [1.29, 1.82) is 0 Å². The van der Waals surface area contributed by atoms with E-state index in [1.165, 1.54) is 11.8 Å². The summed E-state index contributed by atoms with van der Waals surface area (Å²) >= 11 is 1.40. The van der Waals surface area contributed by atoms with Crippen molar-refractivity contribution in [2.45, 2.75) is 36.1 Å². The van der Waals surface area contributed by atoms with E-state index >= 15 is 0 Å². The predicted molar refractivity (Wildman–Crippen MR) is 122 cm³/mol. The van der Waals surface area contributed by atoms with E-state index in [4.69, 9.17) is 9.47 Å². The molecule has 6 nitrogen and oxygen atoms in total. The van der Waals surface area contributed by atoms with Crippen LogP contribution in [0.3, 0.4) is 0 Å². The van der Waals surface area contributed by atoms with Gasteiger partial charge in [0.2, 0.25) is 0 Å². The summed E-state index contributed by atoms with van der Waals surface area (Å²) in [7, 11) is 3.23. The topological polar surface area (TPSA) is 66.2 Å². The van der Waals surface area contributed by atoms with Crippen molar-refractivity contribution >= 4 is 23.2 Å². The number of hydrogen-bond donors (Lipinski definition) is 0. The number of hydrogen-bond acceptors (Lipinski definition) is 6. The molecule has 0 radical (unpaired) electrons. The Morgan fingerprint density at radius 1 is 1.03 bits per heavy atom. The molecule has 1 unspecified atom stereocenters. The van der Waals surface area contributed by atoms with Gasteiger partial charge in [0.15, 0.2) is 10.9 Å². The SMILES string of the molecule is C=C(C)n1c(SC(C(=O)c2ccc(OC)cc2)c2ccc(OC)cc2)nnc1C1CC1. The van der Waals surface area contributed by atoms with Gasteiger partial charge in [-0.1, -0.05) is 30.5 Å². The number of carbonyl (C=O) groups excluding carboxylic acids is 1. The first-order chi connectivity index (χ1) is 15.0. The van der Waals surface area contributed by atoms with E-state index in [0.717, 1.165) is 35.7 Å². The Hall–Kier alpha value is -3.06. The maximum Gasteiger partial charge on any atom is 0.196 e. The van der Waals surface area contributed by atoms with Crippen LogP contribution in [0, 0.1) is 0 Å². The Labute approximate surface area is 186 Å². The van der Waals surface area contributed by atoms with E-state index in [2.05, 4.69) is 16.8 Å². The van der Waals surface area contributed by atoms with Crippen LogP contribution in [0.5, 0.6) is 11.5 Å². The monoisotopic (exact) mass is 435 g/mol. The third-order valence-electron chi connectivity index (χ3n) is 5.24. The van der Waals surface area contributed by atoms with Gasteiger partial charge in [0.1, 0.15) is 22.6 Å². The zero-order valence-electron chi connectivity index (χ0n) is 17.9. The Kier molecular flexibility index (Phi) is 6.13. The number of nitrogens with zero attached hydrogens (tertiary/aromatic N) is 3. The number of benzene rings is 2. The minimum Gasteiger partial charge on any atom is -0.497 e. The van der Waals surface area contributed by atoms with Gasteiger partial charge in [-0.3, -0.25) is 9.36 Å². The second kappa shape index (κ2) is 8.98. The van der Waals surface area contributed by atoms with Gasteiger partial charge in [0, 0.05) is 17.2 Å². The number of Topliss-reactive ketones (excluding diaryl/α,β-unsaturated/α-hetero) is 1. The first-order valence-electron chi connectivity index (χ1n) is 10.1. The van der Waals surface area contributed by atoms with Crippen molar-refractivity contribution in [3.8, 4) is 11.5 Å². The van der Waals surface area contributed by atoms with Gasteiger partial charge >= 0.3 is 0 Å². The van der Waals surface area contributed by atoms with Gasteiger partial charge in [-0.2, -0.15) is 0 Å². The molecule has 3 aromatic rings. The minimum absolute atomic E-state index is 0.0120. The summed E-state index contributed by atoms with van der Waals surface area (Å²) in [5.41, 5.74) is 2.33. The van der Waals surface area contributed by atoms with Gasteiger partial charge in [-0.05, 0) is 61.7 Å². The van der Waals surface area contributed by atoms with Crippen LogP contribution < -0.4 is 9.47 Å². The van der Waals surface area contributed by atoms with Gasteiger partial charge in [-0.15, -0.1) is 10.2 Å². The molecule has 4 rings (SSSR count). The number of rotatable bonds is 9. The molecule has 2 aromatic carbocycles. The number of thioether (sulfide) groups is 1. The highest BCUT2D eigenvalue weighted by molar-refractivity contribution is 8.00. The molecule has 0 N–H and O–H groups in total. The predicted octanol–water partition coefficient (Wildman–Crippen LogP) is 5.38. The highest BCUT2D eigenvalue weighted by atomic mass is 32.2. The van der Waals surface area contributed by atoms with Gasteiger partial charge in [0.05, 0.1) is 14.2 Å². The summed E-state index contributed by atoms with van der Waals surface area (Å²) < 4.78 is 12.5. The van der Waals surface area contributed by atoms with Crippen LogP contribution in [-0.4, -0.2) is 34.8 Å². The number of ether oxygens (including phenoxy) is 2. The molecule has 0 spiro atoms. The number of aromatic nitrogens is 3. The van der Waals surface area contributed by atoms with Gasteiger partial charge < -0.3 is 9.47 Å². The first-order valence-corrected chi connectivity index (χ1v) is 11.0. The number of ketones is 1. The van der Waals surface area contributed by atoms with E-state index in [0.29, 0.717) is 22.4 Å². The fourth-order valence-electron chi connectivity index (χ4n) is 3.39. The molecule has 160 valence electrons. The molecule has 1 aliphatic rings. The Balaban J connectivity index is 1.71. The summed E-state index contributed by atoms with van der Waals surface area (Å²) in [6.07, 6.45) is 2.23. The quantitative estimate of drug-likeness (QED) is 0.332. The van der Waals surface area contributed by atoms with Crippen LogP contribution in [0.2, 0.25) is 0 Å². The zero-order valence-corrected chi connectivity index (χ0v) is 18.7. The second-order valence-electron chi connectivity index (χ2n) is 7.55. The number of methoxy groups -OCH3 is 2. The average Bonchev–Trinajstić information content (AvgIpc) is 3.56. The molecule has 0 amide bonds. The lowest BCUT2D eigenvalue weighted by Crippen LogP contribution is -2.11. The van der Waals surface area contributed by atoms with Crippen molar-refractivity contribution in [2.24, 2.45) is 0 Å². The molecule has 31 heavy (non-hydrogen) atoms. The molecule has 1 fully saturated rings. The standard InChI is InChI=1S/C24H25N3O3S/c1-15(2)27-23(18-5-6-18)25-26-24(27)31-22(17-9-13-20(30-4)14-10-17)21(28)16-7-11-19(29-3)12-8-16/h7-14,18,22H,1,5-6H2,2-4H3. The molecule has 0 bridgehead atoms. The Morgan fingerprint density at radius 2 is 1.61 bits per heavy atom. The molecule has 1 heterocycles. The maximum absolute atomic E-state index is 13.6. The summed E-state index contributed by atoms with van der Waals surface area (Å²) in [6.45, 7) is 6.05. The van der Waals surface area contributed by atoms with Gasteiger partial charge in [0.25, 0.3) is 0 Å². The van der Waals surface area contributed by atoms with Crippen molar-refractivity contribution in [3.63, 3.8) is 0 Å². The van der Waals surface area contributed by atoms with Crippen molar-refractivity contribution in [2.75, 3.05) is 14.2 Å². The van der Waals surface area contributed by atoms with Crippen LogP contribution in [0.1, 0.15) is 52.7 Å². The lowest BCUT2D eigenvalue weighted by Gasteiger charge is -2.17. The van der Waals surface area contributed by atoms with E-state index in [-0.39, 0.29) is 5.78 Å². The molecular formula is C24H25N3O3S. The number of allylic oxidation sites excluding steroid dienone is 1. The summed E-state index contributed by atoms with van der Waals surface area (Å²) in [5, 5.41) is 9.02. The van der Waals surface area contributed by atoms with Crippen LogP contribution in [0.15, 0.2) is 60.3 Å². The molecular weight excluding hydrogens is 410 g/mol. The third-order valence-corrected chi connectivity index (χ3v) is 6.43. The minimum atomic E-state index is -0.492. The fourth-order valence-corrected chi connectivity index (χ4v) is 4.58. The smallest absolute Gasteiger partial charge is 0.196 e. The molecule has 0 aliphatic heterocycles. The summed E-state index contributed by atoms with van der Waals surface area (Å²) in [5.74, 6) is 2.80. The van der Waals surface area contributed by atoms with Crippen molar-refractivity contribution in [3.05, 3.63) is 72.1 Å². The average molecular weight is 436 g/mol. The fraction of sp³-hybridized carbons (Fsp3) is 0.292. The second-order valence-corrected chi connectivity index (χ2v) is 8.62. The first kappa shape index (κ1) is 21.2. The van der Waals surface area contributed by atoms with Crippen LogP contribution in [0.25, 0.3) is 5.70 Å². The van der Waals surface area contributed by atoms with E-state index < -0.39 is 5.25 Å². The summed E-state index contributed by atoms with van der Waals surface area (Å²) in [6, 6.07) is 14.7. The Bertz CT molecular complexity index is 1090. The van der Waals surface area contributed by atoms with E-state index in [1.54, 1.807) is 38.5 Å². The van der Waals surface area contributed by atoms with Crippen LogP contribution >= 0.6 is 11.8 Å². The lowest BCUT2D eigenvalue weighted by molar-refractivity contribution is 0.0989. The maximum atomic E-state index is 13.6. The molecule has 7 heteroatoms. The van der Waals surface area contributed by atoms with E-state index in [9.17, 15) is 4.79 Å². The largest absolute Gasteiger partial charge is 0.497 e. The van der Waals surface area contributed by atoms with Crippen LogP contribution in [-0.2, 0) is 0 Å². The Morgan fingerprint density at radius 3 is 2.13 bits per heavy atom. The lowest BCUT2D eigenvalue weighted by atomic mass is 10.0. The highest BCUT2D eigenvalue weighted by Crippen LogP contribution is 2.43. The van der Waals surface area contributed by atoms with Gasteiger partial charge in [-0.25, -0.2) is 0 Å². The molecule has 0 saturated heterocycles. The molecule has 1 aliphatic carbocycles. The molecule has 1 aromatic heterocycles. The third kappa shape index (κ3) is 4.51. The van der Waals surface area contributed by atoms with Crippen molar-refractivity contribution in [1.82, 2.24) is 14.8 Å². The number of carbonyl (C=O) groups is 1.